The summed E-state index contributed by atoms with van der Waals surface area (Å²) in [6.45, 7) is 3.76. The Labute approximate surface area is 114 Å². The molecule has 0 aromatic heterocycles. The van der Waals surface area contributed by atoms with Gasteiger partial charge in [0.25, 0.3) is 0 Å². The summed E-state index contributed by atoms with van der Waals surface area (Å²) in [7, 11) is 3.17. The summed E-state index contributed by atoms with van der Waals surface area (Å²) in [5.74, 6) is 1.28. The number of ether oxygens (including phenoxy) is 2. The molecule has 0 radical (unpaired) electrons. The number of anilines is 1. The van der Waals surface area contributed by atoms with E-state index in [0.29, 0.717) is 24.3 Å². The van der Waals surface area contributed by atoms with Gasteiger partial charge >= 0.3 is 0 Å². The fraction of sp³-hybridized carbons (Fsp3) is 0.500. The molecule has 19 heavy (non-hydrogen) atoms. The van der Waals surface area contributed by atoms with Crippen LogP contribution in [0.2, 0.25) is 0 Å². The highest BCUT2D eigenvalue weighted by Crippen LogP contribution is 2.34. The Morgan fingerprint density at radius 2 is 2.05 bits per heavy atom. The molecule has 0 spiro atoms. The minimum Gasteiger partial charge on any atom is -0.496 e. The van der Waals surface area contributed by atoms with E-state index >= 15 is 0 Å². The molecular weight excluding hydrogens is 244 g/mol. The van der Waals surface area contributed by atoms with Crippen LogP contribution in [-0.4, -0.2) is 26.2 Å². The molecule has 0 aliphatic carbocycles. The van der Waals surface area contributed by atoms with Crippen molar-refractivity contribution in [1.82, 2.24) is 0 Å². The highest BCUT2D eigenvalue weighted by Gasteiger charge is 2.13. The predicted molar refractivity (Wildman–Crippen MR) is 75.8 cm³/mol. The van der Waals surface area contributed by atoms with E-state index in [1.54, 1.807) is 26.4 Å². The third-order valence-electron chi connectivity index (χ3n) is 2.88. The third-order valence-corrected chi connectivity index (χ3v) is 2.88. The number of hydrogen-bond acceptors (Lipinski definition) is 4. The molecule has 0 aliphatic rings. The monoisotopic (exact) mass is 266 g/mol. The van der Waals surface area contributed by atoms with E-state index in [0.717, 1.165) is 11.3 Å². The van der Waals surface area contributed by atoms with Crippen molar-refractivity contribution in [2.75, 3.05) is 19.5 Å². The van der Waals surface area contributed by atoms with Crippen molar-refractivity contribution in [3.63, 3.8) is 0 Å². The molecule has 5 heteroatoms. The summed E-state index contributed by atoms with van der Waals surface area (Å²) in [5.41, 5.74) is 7.14. The summed E-state index contributed by atoms with van der Waals surface area (Å²) in [6.07, 6.45) is 1.05. The van der Waals surface area contributed by atoms with Gasteiger partial charge in [0.2, 0.25) is 5.91 Å². The average molecular weight is 266 g/mol. The Kier molecular flexibility index (Phi) is 5.63. The fourth-order valence-corrected chi connectivity index (χ4v) is 1.83. The zero-order chi connectivity index (χ0) is 14.4. The number of benzene rings is 1. The number of methoxy groups -OCH3 is 2. The highest BCUT2D eigenvalue weighted by atomic mass is 16.5. The molecule has 0 bridgehead atoms. The van der Waals surface area contributed by atoms with Gasteiger partial charge in [0, 0.05) is 18.0 Å². The van der Waals surface area contributed by atoms with E-state index in [2.05, 4.69) is 5.32 Å². The van der Waals surface area contributed by atoms with Gasteiger partial charge in [-0.15, -0.1) is 0 Å². The summed E-state index contributed by atoms with van der Waals surface area (Å²) in [6, 6.07) is 3.60. The Balaban J connectivity index is 2.83. The zero-order valence-corrected chi connectivity index (χ0v) is 11.9. The fourth-order valence-electron chi connectivity index (χ4n) is 1.83. The molecule has 106 valence electrons. The Bertz CT molecular complexity index is 445. The molecule has 1 rings (SSSR count). The lowest BCUT2D eigenvalue weighted by Gasteiger charge is -2.15. The quantitative estimate of drug-likeness (QED) is 0.826. The Morgan fingerprint density at radius 1 is 1.37 bits per heavy atom. The first-order valence-electron chi connectivity index (χ1n) is 6.26. The van der Waals surface area contributed by atoms with Gasteiger partial charge in [0.15, 0.2) is 0 Å². The zero-order valence-electron chi connectivity index (χ0n) is 11.9. The minimum absolute atomic E-state index is 0.0187. The number of carbonyl (C=O) groups is 1. The molecular formula is C14H22N2O3. The van der Waals surface area contributed by atoms with E-state index in [1.165, 1.54) is 0 Å². The lowest BCUT2D eigenvalue weighted by Crippen LogP contribution is -2.19. The topological polar surface area (TPSA) is 73.6 Å². The lowest BCUT2D eigenvalue weighted by atomic mass is 10.1. The SMILES string of the molecule is COc1ccc(NC(=O)CCC(C)N)c(OC)c1C. The maximum Gasteiger partial charge on any atom is 0.224 e. The summed E-state index contributed by atoms with van der Waals surface area (Å²) >= 11 is 0. The van der Waals surface area contributed by atoms with Crippen LogP contribution < -0.4 is 20.5 Å². The minimum atomic E-state index is -0.0693. The Hall–Kier alpha value is -1.75. The van der Waals surface area contributed by atoms with Crippen LogP contribution in [0.25, 0.3) is 0 Å². The molecule has 1 amide bonds. The first kappa shape index (κ1) is 15.3. The number of rotatable bonds is 6. The molecule has 0 aliphatic heterocycles. The van der Waals surface area contributed by atoms with Crippen LogP contribution in [0.15, 0.2) is 12.1 Å². The molecule has 1 aromatic rings. The van der Waals surface area contributed by atoms with Crippen molar-refractivity contribution < 1.29 is 14.3 Å². The standard InChI is InChI=1S/C14H22N2O3/c1-9(15)5-8-13(17)16-11-6-7-12(18-3)10(2)14(11)19-4/h6-7,9H,5,8,15H2,1-4H3,(H,16,17). The summed E-state index contributed by atoms with van der Waals surface area (Å²) in [5, 5.41) is 2.83. The smallest absolute Gasteiger partial charge is 0.224 e. The van der Waals surface area contributed by atoms with Crippen molar-refractivity contribution in [2.24, 2.45) is 5.73 Å². The van der Waals surface area contributed by atoms with Crippen LogP contribution in [0.1, 0.15) is 25.3 Å². The number of nitrogens with two attached hydrogens (primary N) is 1. The third kappa shape index (κ3) is 4.13. The van der Waals surface area contributed by atoms with Gasteiger partial charge in [0.1, 0.15) is 11.5 Å². The maximum absolute atomic E-state index is 11.8. The molecule has 1 aromatic carbocycles. The first-order chi connectivity index (χ1) is 8.99. The number of carbonyl (C=O) groups excluding carboxylic acids is 1. The molecule has 3 N–H and O–H groups in total. The molecule has 1 unspecified atom stereocenters. The van der Waals surface area contributed by atoms with Gasteiger partial charge in [-0.25, -0.2) is 0 Å². The van der Waals surface area contributed by atoms with Crippen LogP contribution >= 0.6 is 0 Å². The van der Waals surface area contributed by atoms with E-state index < -0.39 is 0 Å². The van der Waals surface area contributed by atoms with E-state index in [1.807, 2.05) is 13.8 Å². The van der Waals surface area contributed by atoms with Crippen LogP contribution in [0.5, 0.6) is 11.5 Å². The summed E-state index contributed by atoms with van der Waals surface area (Å²) in [4.78, 5) is 11.8. The van der Waals surface area contributed by atoms with Gasteiger partial charge in [-0.2, -0.15) is 0 Å². The second kappa shape index (κ2) is 6.99. The number of nitrogens with one attached hydrogen (secondary N) is 1. The number of amides is 1. The van der Waals surface area contributed by atoms with Crippen LogP contribution in [0, 0.1) is 6.92 Å². The van der Waals surface area contributed by atoms with Crippen molar-refractivity contribution in [3.05, 3.63) is 17.7 Å². The maximum atomic E-state index is 11.8. The second-order valence-electron chi connectivity index (χ2n) is 4.54. The first-order valence-corrected chi connectivity index (χ1v) is 6.26. The molecule has 0 fully saturated rings. The highest BCUT2D eigenvalue weighted by molar-refractivity contribution is 5.92. The van der Waals surface area contributed by atoms with Crippen LogP contribution in [0.3, 0.4) is 0 Å². The molecule has 0 saturated carbocycles. The van der Waals surface area contributed by atoms with Gasteiger partial charge in [-0.1, -0.05) is 0 Å². The average Bonchev–Trinajstić information content (AvgIpc) is 2.37. The normalized spacial score (nSPS) is 11.8. The van der Waals surface area contributed by atoms with Crippen LogP contribution in [-0.2, 0) is 4.79 Å². The van der Waals surface area contributed by atoms with Gasteiger partial charge in [-0.3, -0.25) is 4.79 Å². The molecule has 1 atom stereocenters. The van der Waals surface area contributed by atoms with E-state index in [-0.39, 0.29) is 11.9 Å². The van der Waals surface area contributed by atoms with E-state index in [4.69, 9.17) is 15.2 Å². The van der Waals surface area contributed by atoms with Crippen molar-refractivity contribution in [2.45, 2.75) is 32.7 Å². The summed E-state index contributed by atoms with van der Waals surface area (Å²) < 4.78 is 10.5. The van der Waals surface area contributed by atoms with Gasteiger partial charge < -0.3 is 20.5 Å². The lowest BCUT2D eigenvalue weighted by molar-refractivity contribution is -0.116. The van der Waals surface area contributed by atoms with Gasteiger partial charge in [-0.05, 0) is 32.4 Å². The van der Waals surface area contributed by atoms with Crippen LogP contribution in [0.4, 0.5) is 5.69 Å². The van der Waals surface area contributed by atoms with Crippen molar-refractivity contribution >= 4 is 11.6 Å². The second-order valence-corrected chi connectivity index (χ2v) is 4.54. The molecule has 0 heterocycles. The number of hydrogen-bond donors (Lipinski definition) is 2. The van der Waals surface area contributed by atoms with Crippen molar-refractivity contribution in [1.29, 1.82) is 0 Å². The largest absolute Gasteiger partial charge is 0.496 e. The van der Waals surface area contributed by atoms with E-state index in [9.17, 15) is 4.79 Å². The van der Waals surface area contributed by atoms with Gasteiger partial charge in [0.05, 0.1) is 19.9 Å². The molecule has 5 nitrogen and oxygen atoms in total. The van der Waals surface area contributed by atoms with Crippen molar-refractivity contribution in [3.8, 4) is 11.5 Å². The predicted octanol–water partition coefficient (Wildman–Crippen LogP) is 2.08. The Morgan fingerprint density at radius 3 is 2.58 bits per heavy atom. The molecule has 0 saturated heterocycles.